The van der Waals surface area contributed by atoms with Crippen molar-refractivity contribution < 1.29 is 9.53 Å². The number of piperidine rings is 1. The van der Waals surface area contributed by atoms with Crippen LogP contribution in [-0.4, -0.2) is 40.2 Å². The zero-order valence-corrected chi connectivity index (χ0v) is 16.9. The van der Waals surface area contributed by atoms with Crippen molar-refractivity contribution in [2.24, 2.45) is 0 Å². The minimum Gasteiger partial charge on any atom is -0.370 e. The molecule has 1 atom stereocenters. The SMILES string of the molecule is Cc1ccc(CNC(=O)N2CCC(n3c(C)cnc3C3CCCO3)CC2)cc1. The number of carbonyl (C=O) groups is 1. The Morgan fingerprint density at radius 2 is 1.93 bits per heavy atom. The quantitative estimate of drug-likeness (QED) is 0.872. The molecular formula is C22H30N4O2. The van der Waals surface area contributed by atoms with E-state index in [0.29, 0.717) is 12.6 Å². The van der Waals surface area contributed by atoms with Crippen LogP contribution in [0.4, 0.5) is 4.79 Å². The third kappa shape index (κ3) is 4.07. The van der Waals surface area contributed by atoms with Crippen LogP contribution in [0.15, 0.2) is 30.5 Å². The summed E-state index contributed by atoms with van der Waals surface area (Å²) in [4.78, 5) is 19.1. The normalized spacial score (nSPS) is 20.5. The van der Waals surface area contributed by atoms with Gasteiger partial charge < -0.3 is 19.5 Å². The maximum atomic E-state index is 12.6. The molecule has 2 fully saturated rings. The maximum absolute atomic E-state index is 12.6. The van der Waals surface area contributed by atoms with E-state index >= 15 is 0 Å². The predicted octanol–water partition coefficient (Wildman–Crippen LogP) is 3.90. The Morgan fingerprint density at radius 1 is 1.18 bits per heavy atom. The average molecular weight is 383 g/mol. The molecule has 1 aromatic carbocycles. The molecule has 0 saturated carbocycles. The smallest absolute Gasteiger partial charge is 0.317 e. The number of hydrogen-bond acceptors (Lipinski definition) is 3. The summed E-state index contributed by atoms with van der Waals surface area (Å²) in [7, 11) is 0. The van der Waals surface area contributed by atoms with Gasteiger partial charge in [-0.15, -0.1) is 0 Å². The van der Waals surface area contributed by atoms with Crippen LogP contribution >= 0.6 is 0 Å². The number of aryl methyl sites for hydroxylation is 2. The van der Waals surface area contributed by atoms with Crippen molar-refractivity contribution in [3.8, 4) is 0 Å². The second-order valence-electron chi connectivity index (χ2n) is 7.99. The minimum atomic E-state index is 0.0285. The molecule has 2 aliphatic heterocycles. The van der Waals surface area contributed by atoms with Crippen LogP contribution in [0.5, 0.6) is 0 Å². The molecule has 3 heterocycles. The number of aromatic nitrogens is 2. The Morgan fingerprint density at radius 3 is 2.61 bits per heavy atom. The average Bonchev–Trinajstić information content (AvgIpc) is 3.37. The highest BCUT2D eigenvalue weighted by Gasteiger charge is 2.30. The third-order valence-electron chi connectivity index (χ3n) is 5.91. The Bertz CT molecular complexity index is 800. The van der Waals surface area contributed by atoms with Gasteiger partial charge in [-0.25, -0.2) is 9.78 Å². The predicted molar refractivity (Wildman–Crippen MR) is 108 cm³/mol. The van der Waals surface area contributed by atoms with Gasteiger partial charge in [0.05, 0.1) is 0 Å². The first-order valence-corrected chi connectivity index (χ1v) is 10.4. The molecule has 2 amide bonds. The van der Waals surface area contributed by atoms with Gasteiger partial charge in [-0.2, -0.15) is 0 Å². The zero-order valence-electron chi connectivity index (χ0n) is 16.9. The van der Waals surface area contributed by atoms with Crippen molar-refractivity contribution in [2.75, 3.05) is 19.7 Å². The van der Waals surface area contributed by atoms with Gasteiger partial charge in [0, 0.05) is 44.2 Å². The summed E-state index contributed by atoms with van der Waals surface area (Å²) in [5.74, 6) is 1.07. The maximum Gasteiger partial charge on any atom is 0.317 e. The van der Waals surface area contributed by atoms with Gasteiger partial charge in [0.1, 0.15) is 11.9 Å². The number of imidazole rings is 1. The highest BCUT2D eigenvalue weighted by atomic mass is 16.5. The number of nitrogens with zero attached hydrogens (tertiary/aromatic N) is 3. The number of benzene rings is 1. The number of likely N-dealkylation sites (tertiary alicyclic amines) is 1. The number of nitrogens with one attached hydrogen (secondary N) is 1. The lowest BCUT2D eigenvalue weighted by Crippen LogP contribution is -2.44. The Hall–Kier alpha value is -2.34. The molecule has 6 heteroatoms. The number of carbonyl (C=O) groups excluding carboxylic acids is 1. The molecule has 2 aliphatic rings. The largest absolute Gasteiger partial charge is 0.370 e. The number of hydrogen-bond donors (Lipinski definition) is 1. The molecule has 0 spiro atoms. The van der Waals surface area contributed by atoms with Gasteiger partial charge in [-0.1, -0.05) is 29.8 Å². The Kier molecular flexibility index (Phi) is 5.67. The van der Waals surface area contributed by atoms with E-state index in [1.807, 2.05) is 11.1 Å². The lowest BCUT2D eigenvalue weighted by Gasteiger charge is -2.34. The second kappa shape index (κ2) is 8.35. The van der Waals surface area contributed by atoms with E-state index in [4.69, 9.17) is 4.74 Å². The van der Waals surface area contributed by atoms with E-state index in [1.54, 1.807) is 0 Å². The van der Waals surface area contributed by atoms with Gasteiger partial charge in [0.15, 0.2) is 0 Å². The van der Waals surface area contributed by atoms with Crippen molar-refractivity contribution in [3.05, 3.63) is 53.1 Å². The van der Waals surface area contributed by atoms with E-state index < -0.39 is 0 Å². The standard InChI is InChI=1S/C22H30N4O2/c1-16-5-7-18(8-6-16)15-24-22(27)25-11-9-19(10-12-25)26-17(2)14-23-21(26)20-4-3-13-28-20/h5-8,14,19-20H,3-4,9-13,15H2,1-2H3,(H,24,27). The van der Waals surface area contributed by atoms with Crippen LogP contribution in [0.2, 0.25) is 0 Å². The molecule has 0 bridgehead atoms. The number of rotatable bonds is 4. The van der Waals surface area contributed by atoms with Crippen molar-refractivity contribution in [2.45, 2.75) is 58.2 Å². The highest BCUT2D eigenvalue weighted by Crippen LogP contribution is 2.33. The molecule has 4 rings (SSSR count). The monoisotopic (exact) mass is 382 g/mol. The first-order valence-electron chi connectivity index (χ1n) is 10.4. The van der Waals surface area contributed by atoms with Gasteiger partial charge >= 0.3 is 6.03 Å². The van der Waals surface area contributed by atoms with Crippen LogP contribution < -0.4 is 5.32 Å². The number of amides is 2. The summed E-state index contributed by atoms with van der Waals surface area (Å²) in [5.41, 5.74) is 3.55. The van der Waals surface area contributed by atoms with E-state index in [1.165, 1.54) is 11.3 Å². The van der Waals surface area contributed by atoms with Gasteiger partial charge in [-0.3, -0.25) is 0 Å². The Labute approximate surface area is 166 Å². The number of ether oxygens (including phenoxy) is 1. The first kappa shape index (κ1) is 19.0. The van der Waals surface area contributed by atoms with Crippen molar-refractivity contribution in [3.63, 3.8) is 0 Å². The fourth-order valence-electron chi connectivity index (χ4n) is 4.28. The van der Waals surface area contributed by atoms with Crippen LogP contribution in [0, 0.1) is 13.8 Å². The summed E-state index contributed by atoms with van der Waals surface area (Å²) in [6.45, 7) is 7.13. The zero-order chi connectivity index (χ0) is 19.5. The highest BCUT2D eigenvalue weighted by molar-refractivity contribution is 5.74. The summed E-state index contributed by atoms with van der Waals surface area (Å²) < 4.78 is 8.23. The second-order valence-corrected chi connectivity index (χ2v) is 7.99. The summed E-state index contributed by atoms with van der Waals surface area (Å²) in [6, 6.07) is 8.70. The topological polar surface area (TPSA) is 59.4 Å². The molecule has 2 aromatic rings. The minimum absolute atomic E-state index is 0.0285. The fourth-order valence-corrected chi connectivity index (χ4v) is 4.28. The van der Waals surface area contributed by atoms with Crippen LogP contribution in [0.25, 0.3) is 0 Å². The molecule has 150 valence electrons. The number of urea groups is 1. The van der Waals surface area contributed by atoms with E-state index in [9.17, 15) is 4.79 Å². The molecule has 6 nitrogen and oxygen atoms in total. The van der Waals surface area contributed by atoms with E-state index in [2.05, 4.69) is 53.0 Å². The molecule has 1 unspecified atom stereocenters. The van der Waals surface area contributed by atoms with Crippen molar-refractivity contribution in [1.82, 2.24) is 19.8 Å². The van der Waals surface area contributed by atoms with Gasteiger partial charge in [0.2, 0.25) is 0 Å². The molecule has 1 aromatic heterocycles. The van der Waals surface area contributed by atoms with Crippen LogP contribution in [0.3, 0.4) is 0 Å². The molecule has 0 radical (unpaired) electrons. The summed E-state index contributed by atoms with van der Waals surface area (Å²) >= 11 is 0. The van der Waals surface area contributed by atoms with E-state index in [0.717, 1.165) is 56.8 Å². The lowest BCUT2D eigenvalue weighted by molar-refractivity contribution is 0.0971. The first-order chi connectivity index (χ1) is 13.6. The summed E-state index contributed by atoms with van der Waals surface area (Å²) in [6.07, 6.45) is 6.15. The van der Waals surface area contributed by atoms with Crippen molar-refractivity contribution in [1.29, 1.82) is 0 Å². The molecular weight excluding hydrogens is 352 g/mol. The summed E-state index contributed by atoms with van der Waals surface area (Å²) in [5, 5.41) is 3.05. The Balaban J connectivity index is 1.32. The molecule has 0 aliphatic carbocycles. The van der Waals surface area contributed by atoms with Crippen LogP contribution in [0.1, 0.15) is 60.5 Å². The van der Waals surface area contributed by atoms with Crippen LogP contribution in [-0.2, 0) is 11.3 Å². The van der Waals surface area contributed by atoms with Gasteiger partial charge in [0.25, 0.3) is 0 Å². The van der Waals surface area contributed by atoms with E-state index in [-0.39, 0.29) is 12.1 Å². The lowest BCUT2D eigenvalue weighted by atomic mass is 10.0. The fraction of sp³-hybridized carbons (Fsp3) is 0.545. The molecule has 28 heavy (non-hydrogen) atoms. The molecule has 2 saturated heterocycles. The van der Waals surface area contributed by atoms with Crippen molar-refractivity contribution >= 4 is 6.03 Å². The molecule has 1 N–H and O–H groups in total. The van der Waals surface area contributed by atoms with Gasteiger partial charge in [-0.05, 0) is 45.1 Å². The third-order valence-corrected chi connectivity index (χ3v) is 5.91.